The monoisotopic (exact) mass is 631 g/mol. The van der Waals surface area contributed by atoms with E-state index in [1.807, 2.05) is 11.8 Å². The van der Waals surface area contributed by atoms with Crippen molar-refractivity contribution in [1.29, 1.82) is 0 Å². The van der Waals surface area contributed by atoms with E-state index < -0.39 is 0 Å². The number of benzene rings is 7. The third kappa shape index (κ3) is 5.90. The molecule has 0 atom stereocenters. The fraction of sp³-hybridized carbons (Fsp3) is 0. The van der Waals surface area contributed by atoms with Gasteiger partial charge in [-0.25, -0.2) is 0 Å². The van der Waals surface area contributed by atoms with Crippen molar-refractivity contribution >= 4 is 52.1 Å². The summed E-state index contributed by atoms with van der Waals surface area (Å²) in [4.78, 5) is 4.91. The van der Waals surface area contributed by atoms with Crippen LogP contribution < -0.4 is 4.90 Å². The van der Waals surface area contributed by atoms with Crippen molar-refractivity contribution in [2.45, 2.75) is 9.79 Å². The van der Waals surface area contributed by atoms with Crippen LogP contribution in [0.2, 0.25) is 0 Å². The average molecular weight is 632 g/mol. The van der Waals surface area contributed by atoms with E-state index in [0.717, 1.165) is 11.3 Å². The van der Waals surface area contributed by atoms with Gasteiger partial charge in [0, 0.05) is 21.0 Å². The SMILES string of the molecule is C(=C(c1ccccc1)c1ccccc1)c1ccc2c(c1C=C(c1ccccc1)c1ccccc1)N(c1ccccc1)c1ccccc1S2. The lowest BCUT2D eigenvalue weighted by Gasteiger charge is -2.35. The number of hydrogen-bond acceptors (Lipinski definition) is 2. The van der Waals surface area contributed by atoms with E-state index in [-0.39, 0.29) is 0 Å². The van der Waals surface area contributed by atoms with Crippen LogP contribution in [0.4, 0.5) is 17.1 Å². The van der Waals surface area contributed by atoms with Gasteiger partial charge in [0.1, 0.15) is 0 Å². The number of anilines is 3. The maximum absolute atomic E-state index is 2.45. The first-order valence-corrected chi connectivity index (χ1v) is 17.1. The van der Waals surface area contributed by atoms with Crippen LogP contribution >= 0.6 is 11.8 Å². The molecule has 0 aromatic heterocycles. The molecule has 8 rings (SSSR count). The van der Waals surface area contributed by atoms with E-state index in [9.17, 15) is 0 Å². The Labute approximate surface area is 287 Å². The molecule has 228 valence electrons. The van der Waals surface area contributed by atoms with Gasteiger partial charge in [0.15, 0.2) is 0 Å². The van der Waals surface area contributed by atoms with Crippen molar-refractivity contribution in [3.8, 4) is 0 Å². The molecular formula is C46H33NS. The molecule has 2 heteroatoms. The highest BCUT2D eigenvalue weighted by Crippen LogP contribution is 2.54. The minimum atomic E-state index is 1.13. The molecular weight excluding hydrogens is 599 g/mol. The summed E-state index contributed by atoms with van der Waals surface area (Å²) >= 11 is 1.84. The summed E-state index contributed by atoms with van der Waals surface area (Å²) in [6, 6.07) is 67.0. The van der Waals surface area contributed by atoms with Crippen LogP contribution in [-0.2, 0) is 0 Å². The van der Waals surface area contributed by atoms with Crippen LogP contribution in [0.15, 0.2) is 198 Å². The first-order chi connectivity index (χ1) is 23.8. The number of para-hydroxylation sites is 2. The number of nitrogens with zero attached hydrogens (tertiary/aromatic N) is 1. The lowest BCUT2D eigenvalue weighted by atomic mass is 9.90. The van der Waals surface area contributed by atoms with Gasteiger partial charge in [0.2, 0.25) is 0 Å². The molecule has 0 saturated heterocycles. The largest absolute Gasteiger partial charge is 0.308 e. The zero-order valence-electron chi connectivity index (χ0n) is 26.4. The third-order valence-corrected chi connectivity index (χ3v) is 9.82. The Morgan fingerprint density at radius 1 is 0.396 bits per heavy atom. The second-order valence-corrected chi connectivity index (χ2v) is 12.8. The molecule has 0 amide bonds. The fourth-order valence-corrected chi connectivity index (χ4v) is 7.53. The Morgan fingerprint density at radius 2 is 0.833 bits per heavy atom. The molecule has 7 aromatic carbocycles. The Hall–Kier alpha value is -5.83. The van der Waals surface area contributed by atoms with E-state index in [2.05, 4.69) is 205 Å². The van der Waals surface area contributed by atoms with E-state index in [1.54, 1.807) is 0 Å². The molecule has 0 spiro atoms. The average Bonchev–Trinajstić information content (AvgIpc) is 3.17. The highest BCUT2D eigenvalue weighted by atomic mass is 32.2. The van der Waals surface area contributed by atoms with Gasteiger partial charge in [-0.2, -0.15) is 0 Å². The van der Waals surface area contributed by atoms with Crippen LogP contribution in [0.5, 0.6) is 0 Å². The molecule has 0 bridgehead atoms. The van der Waals surface area contributed by atoms with Crippen molar-refractivity contribution < 1.29 is 0 Å². The van der Waals surface area contributed by atoms with Gasteiger partial charge in [-0.3, -0.25) is 0 Å². The van der Waals surface area contributed by atoms with E-state index in [0.29, 0.717) is 0 Å². The standard InChI is InChI=1S/C46H33NS/c1-6-18-34(19-7-1)40(35-20-8-2-9-21-35)32-38-30-31-45-46(47(39-26-14-5-15-27-39)43-28-16-17-29-44(43)48-45)42(38)33-41(36-22-10-3-11-23-36)37-24-12-4-13-25-37/h1-33H. The maximum atomic E-state index is 2.45. The van der Waals surface area contributed by atoms with Crippen molar-refractivity contribution in [3.63, 3.8) is 0 Å². The minimum Gasteiger partial charge on any atom is -0.308 e. The molecule has 0 unspecified atom stereocenters. The quantitative estimate of drug-likeness (QED) is 0.161. The van der Waals surface area contributed by atoms with Crippen LogP contribution in [0.25, 0.3) is 23.3 Å². The molecule has 48 heavy (non-hydrogen) atoms. The highest BCUT2D eigenvalue weighted by molar-refractivity contribution is 7.99. The molecule has 1 nitrogen and oxygen atoms in total. The molecule has 0 saturated carbocycles. The van der Waals surface area contributed by atoms with Gasteiger partial charge < -0.3 is 4.90 Å². The predicted octanol–water partition coefficient (Wildman–Crippen LogP) is 12.8. The summed E-state index contributed by atoms with van der Waals surface area (Å²) in [6.07, 6.45) is 4.78. The second kappa shape index (κ2) is 13.5. The summed E-state index contributed by atoms with van der Waals surface area (Å²) in [5, 5.41) is 0. The van der Waals surface area contributed by atoms with E-state index in [4.69, 9.17) is 0 Å². The van der Waals surface area contributed by atoms with Gasteiger partial charge in [0.05, 0.1) is 11.4 Å². The normalized spacial score (nSPS) is 11.6. The van der Waals surface area contributed by atoms with Crippen LogP contribution in [0.3, 0.4) is 0 Å². The molecule has 0 N–H and O–H groups in total. The summed E-state index contributed by atoms with van der Waals surface area (Å²) < 4.78 is 0. The Balaban J connectivity index is 1.47. The molecule has 0 aliphatic carbocycles. The van der Waals surface area contributed by atoms with Gasteiger partial charge in [-0.15, -0.1) is 0 Å². The molecule has 1 aliphatic rings. The van der Waals surface area contributed by atoms with Crippen LogP contribution in [-0.4, -0.2) is 0 Å². The number of hydrogen-bond donors (Lipinski definition) is 0. The second-order valence-electron chi connectivity index (χ2n) is 11.7. The van der Waals surface area contributed by atoms with Crippen molar-refractivity contribution in [1.82, 2.24) is 0 Å². The molecule has 7 aromatic rings. The molecule has 1 aliphatic heterocycles. The van der Waals surface area contributed by atoms with Gasteiger partial charge in [-0.05, 0) is 81.4 Å². The van der Waals surface area contributed by atoms with Crippen molar-refractivity contribution in [2.24, 2.45) is 0 Å². The lowest BCUT2D eigenvalue weighted by molar-refractivity contribution is 1.16. The van der Waals surface area contributed by atoms with Crippen molar-refractivity contribution in [3.05, 3.63) is 221 Å². The predicted molar refractivity (Wildman–Crippen MR) is 205 cm³/mol. The first-order valence-electron chi connectivity index (χ1n) is 16.3. The minimum absolute atomic E-state index is 1.13. The topological polar surface area (TPSA) is 3.24 Å². The number of fused-ring (bicyclic) bond motifs is 2. The maximum Gasteiger partial charge on any atom is 0.0680 e. The Morgan fingerprint density at radius 3 is 1.35 bits per heavy atom. The van der Waals surface area contributed by atoms with Crippen LogP contribution in [0.1, 0.15) is 33.4 Å². The Bertz CT molecular complexity index is 2140. The Kier molecular flexibility index (Phi) is 8.31. The summed E-state index contributed by atoms with van der Waals surface area (Å²) in [6.45, 7) is 0. The van der Waals surface area contributed by atoms with Gasteiger partial charge in [-0.1, -0.05) is 169 Å². The zero-order chi connectivity index (χ0) is 32.1. The summed E-state index contributed by atoms with van der Waals surface area (Å²) in [5.74, 6) is 0. The van der Waals surface area contributed by atoms with Gasteiger partial charge >= 0.3 is 0 Å². The summed E-state index contributed by atoms with van der Waals surface area (Å²) in [7, 11) is 0. The molecule has 0 fully saturated rings. The highest BCUT2D eigenvalue weighted by Gasteiger charge is 2.28. The van der Waals surface area contributed by atoms with E-state index >= 15 is 0 Å². The van der Waals surface area contributed by atoms with Crippen molar-refractivity contribution in [2.75, 3.05) is 4.90 Å². The number of rotatable bonds is 7. The first kappa shape index (κ1) is 29.6. The molecule has 1 heterocycles. The van der Waals surface area contributed by atoms with E-state index in [1.165, 1.54) is 60.1 Å². The third-order valence-electron chi connectivity index (χ3n) is 8.71. The lowest BCUT2D eigenvalue weighted by Crippen LogP contribution is -2.16. The zero-order valence-corrected chi connectivity index (χ0v) is 27.2. The summed E-state index contributed by atoms with van der Waals surface area (Å²) in [5.41, 5.74) is 12.9. The molecule has 0 radical (unpaired) electrons. The van der Waals surface area contributed by atoms with Crippen LogP contribution in [0, 0.1) is 0 Å². The fourth-order valence-electron chi connectivity index (χ4n) is 6.44. The smallest absolute Gasteiger partial charge is 0.0680 e. The van der Waals surface area contributed by atoms with Gasteiger partial charge in [0.25, 0.3) is 0 Å².